The molecular formula is C20H26N4O4. The molecule has 2 rings (SSSR count). The van der Waals surface area contributed by atoms with Gasteiger partial charge in [0, 0.05) is 24.6 Å². The zero-order valence-electron chi connectivity index (χ0n) is 16.3. The highest BCUT2D eigenvalue weighted by Crippen LogP contribution is 2.21. The lowest BCUT2D eigenvalue weighted by Crippen LogP contribution is -2.36. The number of ether oxygens (including phenoxy) is 2. The van der Waals surface area contributed by atoms with Crippen molar-refractivity contribution in [3.8, 4) is 5.75 Å². The number of carbonyl (C=O) groups excluding carboxylic acids is 2. The van der Waals surface area contributed by atoms with Gasteiger partial charge in [0.1, 0.15) is 5.75 Å². The van der Waals surface area contributed by atoms with Gasteiger partial charge in [-0.25, -0.2) is 14.6 Å². The van der Waals surface area contributed by atoms with Crippen molar-refractivity contribution in [1.29, 1.82) is 0 Å². The fourth-order valence-corrected chi connectivity index (χ4v) is 2.48. The van der Waals surface area contributed by atoms with E-state index in [9.17, 15) is 9.59 Å². The first-order valence-electron chi connectivity index (χ1n) is 9.37. The highest BCUT2D eigenvalue weighted by molar-refractivity contribution is 6.01. The van der Waals surface area contributed by atoms with E-state index in [0.29, 0.717) is 24.7 Å². The van der Waals surface area contributed by atoms with E-state index in [1.54, 1.807) is 42.3 Å². The Hall–Kier alpha value is -3.16. The van der Waals surface area contributed by atoms with Crippen LogP contribution in [0.25, 0.3) is 0 Å². The summed E-state index contributed by atoms with van der Waals surface area (Å²) in [6, 6.07) is 6.72. The SMILES string of the molecule is CCCCCN(C(=O)Nc1cnccn1)c1ccc(OCC(=O)OCC)cc1. The number of aromatic nitrogens is 2. The van der Waals surface area contributed by atoms with Crippen LogP contribution in [-0.2, 0) is 9.53 Å². The minimum absolute atomic E-state index is 0.152. The molecule has 8 nitrogen and oxygen atoms in total. The maximum absolute atomic E-state index is 12.7. The lowest BCUT2D eigenvalue weighted by molar-refractivity contribution is -0.145. The fraction of sp³-hybridized carbons (Fsp3) is 0.400. The molecule has 2 aromatic rings. The van der Waals surface area contributed by atoms with E-state index < -0.39 is 5.97 Å². The van der Waals surface area contributed by atoms with Gasteiger partial charge in [-0.15, -0.1) is 0 Å². The van der Waals surface area contributed by atoms with Crippen LogP contribution in [0.2, 0.25) is 0 Å². The molecule has 1 N–H and O–H groups in total. The monoisotopic (exact) mass is 386 g/mol. The summed E-state index contributed by atoms with van der Waals surface area (Å²) in [6.07, 6.45) is 7.52. The topological polar surface area (TPSA) is 93.7 Å². The predicted molar refractivity (Wildman–Crippen MR) is 106 cm³/mol. The molecule has 0 aliphatic heterocycles. The van der Waals surface area contributed by atoms with Gasteiger partial charge in [0.05, 0.1) is 12.8 Å². The van der Waals surface area contributed by atoms with Gasteiger partial charge in [-0.05, 0) is 37.6 Å². The van der Waals surface area contributed by atoms with E-state index in [2.05, 4.69) is 22.2 Å². The van der Waals surface area contributed by atoms with E-state index in [0.717, 1.165) is 24.9 Å². The molecule has 28 heavy (non-hydrogen) atoms. The van der Waals surface area contributed by atoms with Crippen LogP contribution < -0.4 is 15.0 Å². The van der Waals surface area contributed by atoms with E-state index in [-0.39, 0.29) is 12.6 Å². The van der Waals surface area contributed by atoms with Crippen LogP contribution in [0.5, 0.6) is 5.75 Å². The Morgan fingerprint density at radius 1 is 1.11 bits per heavy atom. The Bertz CT molecular complexity index is 738. The number of nitrogens with one attached hydrogen (secondary N) is 1. The molecule has 1 aromatic carbocycles. The van der Waals surface area contributed by atoms with Crippen molar-refractivity contribution in [2.45, 2.75) is 33.1 Å². The Kier molecular flexibility index (Phi) is 8.71. The molecule has 2 amide bonds. The van der Waals surface area contributed by atoms with Crippen LogP contribution in [0.15, 0.2) is 42.9 Å². The summed E-state index contributed by atoms with van der Waals surface area (Å²) in [7, 11) is 0. The van der Waals surface area contributed by atoms with E-state index in [1.165, 1.54) is 12.4 Å². The number of hydrogen-bond acceptors (Lipinski definition) is 6. The first-order valence-corrected chi connectivity index (χ1v) is 9.37. The first kappa shape index (κ1) is 21.1. The summed E-state index contributed by atoms with van der Waals surface area (Å²) in [5.74, 6) is 0.498. The van der Waals surface area contributed by atoms with Gasteiger partial charge in [-0.2, -0.15) is 0 Å². The molecule has 0 spiro atoms. The van der Waals surface area contributed by atoms with Gasteiger partial charge in [0.2, 0.25) is 0 Å². The van der Waals surface area contributed by atoms with Crippen molar-refractivity contribution in [1.82, 2.24) is 9.97 Å². The predicted octanol–water partition coefficient (Wildman–Crippen LogP) is 3.65. The molecule has 1 aromatic heterocycles. The minimum Gasteiger partial charge on any atom is -0.482 e. The summed E-state index contributed by atoms with van der Waals surface area (Å²) in [5, 5.41) is 2.76. The van der Waals surface area contributed by atoms with Gasteiger partial charge in [0.25, 0.3) is 0 Å². The molecular weight excluding hydrogens is 360 g/mol. The highest BCUT2D eigenvalue weighted by Gasteiger charge is 2.16. The van der Waals surface area contributed by atoms with E-state index in [4.69, 9.17) is 9.47 Å². The van der Waals surface area contributed by atoms with Gasteiger partial charge in [-0.1, -0.05) is 19.8 Å². The molecule has 0 unspecified atom stereocenters. The van der Waals surface area contributed by atoms with Gasteiger partial charge in [0.15, 0.2) is 12.4 Å². The molecule has 150 valence electrons. The van der Waals surface area contributed by atoms with Crippen LogP contribution in [0.1, 0.15) is 33.1 Å². The van der Waals surface area contributed by atoms with Crippen LogP contribution in [0, 0.1) is 0 Å². The molecule has 1 heterocycles. The van der Waals surface area contributed by atoms with Crippen molar-refractivity contribution >= 4 is 23.5 Å². The third-order valence-corrected chi connectivity index (χ3v) is 3.84. The highest BCUT2D eigenvalue weighted by atomic mass is 16.6. The lowest BCUT2D eigenvalue weighted by atomic mass is 10.2. The number of carbonyl (C=O) groups is 2. The van der Waals surface area contributed by atoms with Crippen molar-refractivity contribution in [3.05, 3.63) is 42.9 Å². The number of benzene rings is 1. The Labute approximate surface area is 164 Å². The third-order valence-electron chi connectivity index (χ3n) is 3.84. The molecule has 8 heteroatoms. The van der Waals surface area contributed by atoms with E-state index in [1.807, 2.05) is 0 Å². The Morgan fingerprint density at radius 2 is 1.89 bits per heavy atom. The van der Waals surface area contributed by atoms with Crippen LogP contribution >= 0.6 is 0 Å². The summed E-state index contributed by atoms with van der Waals surface area (Å²) in [5.41, 5.74) is 0.723. The molecule has 0 saturated carbocycles. The number of amides is 2. The number of hydrogen-bond donors (Lipinski definition) is 1. The number of esters is 1. The number of anilines is 2. The van der Waals surface area contributed by atoms with Crippen molar-refractivity contribution < 1.29 is 19.1 Å². The molecule has 0 aliphatic rings. The number of rotatable bonds is 10. The van der Waals surface area contributed by atoms with Crippen LogP contribution in [0.3, 0.4) is 0 Å². The maximum atomic E-state index is 12.7. The minimum atomic E-state index is -0.420. The molecule has 0 radical (unpaired) electrons. The number of urea groups is 1. The van der Waals surface area contributed by atoms with Crippen molar-refractivity contribution in [2.24, 2.45) is 0 Å². The quantitative estimate of drug-likeness (QED) is 0.495. The first-order chi connectivity index (χ1) is 13.6. The van der Waals surface area contributed by atoms with E-state index >= 15 is 0 Å². The Morgan fingerprint density at radius 3 is 2.54 bits per heavy atom. The van der Waals surface area contributed by atoms with Crippen molar-refractivity contribution in [2.75, 3.05) is 30.0 Å². The third kappa shape index (κ3) is 6.86. The zero-order chi connectivity index (χ0) is 20.2. The second kappa shape index (κ2) is 11.5. The summed E-state index contributed by atoms with van der Waals surface area (Å²) in [6.45, 7) is 4.59. The summed E-state index contributed by atoms with van der Waals surface area (Å²) < 4.78 is 10.2. The molecule has 0 atom stereocenters. The normalized spacial score (nSPS) is 10.2. The lowest BCUT2D eigenvalue weighted by Gasteiger charge is -2.23. The zero-order valence-corrected chi connectivity index (χ0v) is 16.3. The average Bonchev–Trinajstić information content (AvgIpc) is 2.71. The molecule has 0 saturated heterocycles. The van der Waals surface area contributed by atoms with Gasteiger partial charge in [-0.3, -0.25) is 15.2 Å². The summed E-state index contributed by atoms with van der Waals surface area (Å²) >= 11 is 0. The Balaban J connectivity index is 2.05. The standard InChI is InChI=1S/C20H26N4O4/c1-3-5-6-13-24(20(26)23-18-14-21-11-12-22-18)16-7-9-17(10-8-16)28-15-19(25)27-4-2/h7-12,14H,3-6,13,15H2,1-2H3,(H,22,23,26). The van der Waals surface area contributed by atoms with Crippen molar-refractivity contribution in [3.63, 3.8) is 0 Å². The molecule has 0 fully saturated rings. The fourth-order valence-electron chi connectivity index (χ4n) is 2.48. The summed E-state index contributed by atoms with van der Waals surface area (Å²) in [4.78, 5) is 33.8. The number of nitrogens with zero attached hydrogens (tertiary/aromatic N) is 3. The smallest absolute Gasteiger partial charge is 0.344 e. The second-order valence-electron chi connectivity index (χ2n) is 5.97. The average molecular weight is 386 g/mol. The second-order valence-corrected chi connectivity index (χ2v) is 5.97. The van der Waals surface area contributed by atoms with Gasteiger partial charge >= 0.3 is 12.0 Å². The maximum Gasteiger partial charge on any atom is 0.344 e. The number of unbranched alkanes of at least 4 members (excludes halogenated alkanes) is 2. The van der Waals surface area contributed by atoms with Crippen LogP contribution in [-0.4, -0.2) is 41.7 Å². The van der Waals surface area contributed by atoms with Gasteiger partial charge < -0.3 is 9.47 Å². The molecule has 0 aliphatic carbocycles. The molecule has 0 bridgehead atoms. The van der Waals surface area contributed by atoms with Crippen LogP contribution in [0.4, 0.5) is 16.3 Å². The largest absolute Gasteiger partial charge is 0.482 e.